The number of amides is 1. The van der Waals surface area contributed by atoms with Gasteiger partial charge in [0.2, 0.25) is 0 Å². The molecular formula is C29H26N4O2. The van der Waals surface area contributed by atoms with Gasteiger partial charge in [0.25, 0.3) is 5.91 Å². The number of nitrogens with zero attached hydrogens (tertiary/aromatic N) is 4. The fraction of sp³-hybridized carbons (Fsp3) is 0.207. The maximum Gasteiger partial charge on any atom is 0.254 e. The van der Waals surface area contributed by atoms with Crippen molar-refractivity contribution < 1.29 is 9.53 Å². The van der Waals surface area contributed by atoms with Crippen LogP contribution in [0.2, 0.25) is 0 Å². The Morgan fingerprint density at radius 2 is 1.89 bits per heavy atom. The Labute approximate surface area is 205 Å². The number of hydrogen-bond donors (Lipinski definition) is 0. The Balaban J connectivity index is 1.42. The van der Waals surface area contributed by atoms with Crippen molar-refractivity contribution in [2.75, 3.05) is 7.11 Å². The number of carbonyl (C=O) groups is 1. The van der Waals surface area contributed by atoms with Crippen molar-refractivity contribution in [3.63, 3.8) is 0 Å². The quantitative estimate of drug-likeness (QED) is 0.419. The third kappa shape index (κ3) is 4.80. The first-order chi connectivity index (χ1) is 17.1. The zero-order valence-electron chi connectivity index (χ0n) is 19.6. The highest BCUT2D eigenvalue weighted by Gasteiger charge is 2.31. The first-order valence-corrected chi connectivity index (χ1v) is 11.6. The van der Waals surface area contributed by atoms with Gasteiger partial charge >= 0.3 is 0 Å². The number of hydrogen-bond acceptors (Lipinski definition) is 4. The molecule has 1 unspecified atom stereocenters. The molecule has 6 nitrogen and oxygen atoms in total. The van der Waals surface area contributed by atoms with Crippen LogP contribution in [0.4, 0.5) is 0 Å². The van der Waals surface area contributed by atoms with E-state index < -0.39 is 0 Å². The van der Waals surface area contributed by atoms with Crippen molar-refractivity contribution in [2.24, 2.45) is 0 Å². The molecule has 0 spiro atoms. The molecule has 0 fully saturated rings. The Morgan fingerprint density at radius 3 is 2.66 bits per heavy atom. The topological polar surface area (TPSA) is 71.2 Å². The van der Waals surface area contributed by atoms with Gasteiger partial charge in [0.15, 0.2) is 0 Å². The summed E-state index contributed by atoms with van der Waals surface area (Å²) in [4.78, 5) is 20.1. The molecule has 2 heterocycles. The molecule has 0 N–H and O–H groups in total. The number of benzene rings is 3. The van der Waals surface area contributed by atoms with Crippen molar-refractivity contribution in [1.82, 2.24) is 14.5 Å². The fourth-order valence-electron chi connectivity index (χ4n) is 4.70. The van der Waals surface area contributed by atoms with Crippen molar-refractivity contribution in [1.29, 1.82) is 5.26 Å². The van der Waals surface area contributed by atoms with E-state index in [2.05, 4.69) is 33.8 Å². The molecule has 0 saturated carbocycles. The number of carbonyl (C=O) groups excluding carboxylic acids is 1. The second-order valence-electron chi connectivity index (χ2n) is 8.81. The molecular weight excluding hydrogens is 436 g/mol. The lowest BCUT2D eigenvalue weighted by Gasteiger charge is -2.37. The Morgan fingerprint density at radius 1 is 1.09 bits per heavy atom. The smallest absolute Gasteiger partial charge is 0.254 e. The van der Waals surface area contributed by atoms with Crippen LogP contribution in [0.15, 0.2) is 85.3 Å². The highest BCUT2D eigenvalue weighted by molar-refractivity contribution is 5.95. The number of ether oxygens (including phenoxy) is 1. The number of imidazole rings is 1. The molecule has 0 radical (unpaired) electrons. The number of aromatic nitrogens is 2. The molecule has 6 heteroatoms. The van der Waals surface area contributed by atoms with Crippen molar-refractivity contribution in [3.8, 4) is 11.8 Å². The van der Waals surface area contributed by atoms with Crippen LogP contribution < -0.4 is 4.74 Å². The van der Waals surface area contributed by atoms with Gasteiger partial charge in [0.1, 0.15) is 5.75 Å². The molecule has 1 aliphatic heterocycles. The van der Waals surface area contributed by atoms with E-state index in [-0.39, 0.29) is 11.9 Å². The van der Waals surface area contributed by atoms with Gasteiger partial charge in [-0.15, -0.1) is 0 Å². The molecule has 0 bridgehead atoms. The van der Waals surface area contributed by atoms with Crippen LogP contribution in [0.1, 0.15) is 38.3 Å². The molecule has 1 aromatic heterocycles. The van der Waals surface area contributed by atoms with Crippen LogP contribution in [0.3, 0.4) is 0 Å². The van der Waals surface area contributed by atoms with Gasteiger partial charge in [-0.3, -0.25) is 4.79 Å². The summed E-state index contributed by atoms with van der Waals surface area (Å²) >= 11 is 0. The third-order valence-electron chi connectivity index (χ3n) is 6.61. The molecule has 0 aliphatic carbocycles. The normalized spacial score (nSPS) is 14.7. The summed E-state index contributed by atoms with van der Waals surface area (Å²) in [6.07, 6.45) is 5.20. The predicted molar refractivity (Wildman–Crippen MR) is 133 cm³/mol. The monoisotopic (exact) mass is 462 g/mol. The summed E-state index contributed by atoms with van der Waals surface area (Å²) in [7, 11) is 1.61. The lowest BCUT2D eigenvalue weighted by molar-refractivity contribution is 0.0617. The Bertz CT molecular complexity index is 1380. The minimum Gasteiger partial charge on any atom is -0.497 e. The minimum atomic E-state index is -0.0162. The van der Waals surface area contributed by atoms with Gasteiger partial charge in [0.05, 0.1) is 31.1 Å². The zero-order valence-corrected chi connectivity index (χ0v) is 19.6. The van der Waals surface area contributed by atoms with Crippen LogP contribution in [0.25, 0.3) is 0 Å². The van der Waals surface area contributed by atoms with E-state index in [0.717, 1.165) is 17.7 Å². The van der Waals surface area contributed by atoms with Gasteiger partial charge in [0, 0.05) is 37.0 Å². The van der Waals surface area contributed by atoms with Crippen molar-refractivity contribution >= 4 is 5.91 Å². The first-order valence-electron chi connectivity index (χ1n) is 11.6. The van der Waals surface area contributed by atoms with E-state index in [1.807, 2.05) is 66.0 Å². The summed E-state index contributed by atoms with van der Waals surface area (Å²) < 4.78 is 7.49. The highest BCUT2D eigenvalue weighted by atomic mass is 16.5. The van der Waals surface area contributed by atoms with Crippen LogP contribution in [0.5, 0.6) is 5.75 Å². The molecule has 1 aliphatic rings. The van der Waals surface area contributed by atoms with Gasteiger partial charge in [-0.1, -0.05) is 42.5 Å². The fourth-order valence-corrected chi connectivity index (χ4v) is 4.70. The van der Waals surface area contributed by atoms with E-state index >= 15 is 0 Å². The molecule has 1 amide bonds. The zero-order chi connectivity index (χ0) is 24.2. The lowest BCUT2D eigenvalue weighted by Crippen LogP contribution is -2.46. The van der Waals surface area contributed by atoms with Gasteiger partial charge in [-0.2, -0.15) is 5.26 Å². The molecule has 0 saturated heterocycles. The molecule has 35 heavy (non-hydrogen) atoms. The number of nitriles is 1. The summed E-state index contributed by atoms with van der Waals surface area (Å²) in [5.41, 5.74) is 5.92. The molecule has 3 aromatic carbocycles. The first kappa shape index (κ1) is 22.4. The summed E-state index contributed by atoms with van der Waals surface area (Å²) in [5.74, 6) is 0.668. The van der Waals surface area contributed by atoms with E-state index in [9.17, 15) is 4.79 Å². The van der Waals surface area contributed by atoms with E-state index in [1.54, 1.807) is 13.2 Å². The Hall–Kier alpha value is -4.37. The summed E-state index contributed by atoms with van der Waals surface area (Å²) in [6.45, 7) is 1.21. The Kier molecular flexibility index (Phi) is 6.32. The summed E-state index contributed by atoms with van der Waals surface area (Å²) in [6, 6.07) is 25.5. The van der Waals surface area contributed by atoms with Crippen molar-refractivity contribution in [3.05, 3.63) is 119 Å². The minimum absolute atomic E-state index is 0.00263. The average Bonchev–Trinajstić information content (AvgIpc) is 3.34. The maximum atomic E-state index is 13.7. The van der Waals surface area contributed by atoms with Gasteiger partial charge in [-0.05, 0) is 53.4 Å². The standard InChI is InChI=1S/C29H26N4O2/c1-35-28-8-4-7-24(15-28)29(34)33-18-25-6-3-2-5-23(25)14-27(33)19-32-20-31-17-26(32)13-21-9-11-22(16-30)12-10-21/h2-12,15,17,20,27H,13-14,18-19H2,1H3. The van der Waals surface area contributed by atoms with Crippen molar-refractivity contribution in [2.45, 2.75) is 32.0 Å². The van der Waals surface area contributed by atoms with Crippen LogP contribution in [-0.4, -0.2) is 33.5 Å². The number of fused-ring (bicyclic) bond motifs is 1. The number of methoxy groups -OCH3 is 1. The molecule has 5 rings (SSSR count). The third-order valence-corrected chi connectivity index (χ3v) is 6.61. The second-order valence-corrected chi connectivity index (χ2v) is 8.81. The largest absolute Gasteiger partial charge is 0.497 e. The van der Waals surface area contributed by atoms with Crippen LogP contribution in [0, 0.1) is 11.3 Å². The highest BCUT2D eigenvalue weighted by Crippen LogP contribution is 2.27. The van der Waals surface area contributed by atoms with E-state index in [1.165, 1.54) is 11.1 Å². The lowest BCUT2D eigenvalue weighted by atomic mass is 9.93. The predicted octanol–water partition coefficient (Wildman–Crippen LogP) is 4.62. The van der Waals surface area contributed by atoms with Gasteiger partial charge in [-0.25, -0.2) is 4.98 Å². The average molecular weight is 463 g/mol. The maximum absolute atomic E-state index is 13.7. The second kappa shape index (κ2) is 9.86. The summed E-state index contributed by atoms with van der Waals surface area (Å²) in [5, 5.41) is 9.06. The van der Waals surface area contributed by atoms with Crippen LogP contribution >= 0.6 is 0 Å². The van der Waals surface area contributed by atoms with E-state index in [0.29, 0.717) is 36.4 Å². The van der Waals surface area contributed by atoms with Crippen LogP contribution in [-0.2, 0) is 25.9 Å². The number of rotatable bonds is 6. The molecule has 174 valence electrons. The SMILES string of the molecule is COc1cccc(C(=O)N2Cc3ccccc3CC2Cn2cncc2Cc2ccc(C#N)cc2)c1. The molecule has 1 atom stereocenters. The molecule has 4 aromatic rings. The van der Waals surface area contributed by atoms with E-state index in [4.69, 9.17) is 10.00 Å². The van der Waals surface area contributed by atoms with Gasteiger partial charge < -0.3 is 14.2 Å².